The minimum Gasteiger partial charge on any atom is -0.310 e. The van der Waals surface area contributed by atoms with Gasteiger partial charge in [0.2, 0.25) is 0 Å². The average molecular weight is 390 g/mol. The van der Waals surface area contributed by atoms with Gasteiger partial charge in [0.25, 0.3) is 5.56 Å². The number of aromatic amines is 1. The molecule has 3 aromatic rings. The van der Waals surface area contributed by atoms with Crippen LogP contribution in [0.15, 0.2) is 29.2 Å². The Balaban J connectivity index is 1.40. The highest BCUT2D eigenvalue weighted by Gasteiger charge is 2.29. The van der Waals surface area contributed by atoms with E-state index in [2.05, 4.69) is 52.3 Å². The topological polar surface area (TPSA) is 66.8 Å². The molecule has 1 fully saturated rings. The first-order valence-corrected chi connectivity index (χ1v) is 10.5. The zero-order valence-corrected chi connectivity index (χ0v) is 17.3. The molecule has 1 N–H and O–H groups in total. The maximum atomic E-state index is 12.6. The number of hydrogen-bond acceptors (Lipinski definition) is 4. The molecule has 29 heavy (non-hydrogen) atoms. The fourth-order valence-corrected chi connectivity index (χ4v) is 4.45. The Kier molecular flexibility index (Phi) is 4.39. The molecule has 0 unspecified atom stereocenters. The van der Waals surface area contributed by atoms with Crippen LogP contribution in [0.25, 0.3) is 5.82 Å². The lowest BCUT2D eigenvalue weighted by Crippen LogP contribution is -2.35. The van der Waals surface area contributed by atoms with Crippen LogP contribution >= 0.6 is 0 Å². The van der Waals surface area contributed by atoms with Crippen molar-refractivity contribution in [3.05, 3.63) is 74.3 Å². The third-order valence-electron chi connectivity index (χ3n) is 6.25. The molecule has 1 aliphatic heterocycles. The molecule has 4 heterocycles. The molecule has 2 aliphatic rings. The van der Waals surface area contributed by atoms with Crippen molar-refractivity contribution in [1.29, 1.82) is 0 Å². The highest BCUT2D eigenvalue weighted by molar-refractivity contribution is 5.41. The smallest absolute Gasteiger partial charge is 0.255 e. The van der Waals surface area contributed by atoms with Gasteiger partial charge in [-0.15, -0.1) is 0 Å². The lowest BCUT2D eigenvalue weighted by Gasteiger charge is -2.27. The average Bonchev–Trinajstić information content (AvgIpc) is 3.51. The van der Waals surface area contributed by atoms with Crippen molar-refractivity contribution in [2.75, 3.05) is 6.54 Å². The number of nitrogens with zero attached hydrogens (tertiary/aromatic N) is 4. The van der Waals surface area contributed by atoms with Crippen LogP contribution in [0.4, 0.5) is 0 Å². The summed E-state index contributed by atoms with van der Waals surface area (Å²) in [5.74, 6) is 2.37. The number of pyridine rings is 1. The minimum absolute atomic E-state index is 0.0520. The van der Waals surface area contributed by atoms with Crippen molar-refractivity contribution in [3.63, 3.8) is 0 Å². The zero-order valence-electron chi connectivity index (χ0n) is 17.3. The number of aromatic nitrogens is 4. The molecule has 0 aromatic carbocycles. The van der Waals surface area contributed by atoms with Gasteiger partial charge in [-0.2, -0.15) is 0 Å². The summed E-state index contributed by atoms with van der Waals surface area (Å²) >= 11 is 0. The number of hydrogen-bond donors (Lipinski definition) is 1. The van der Waals surface area contributed by atoms with E-state index >= 15 is 0 Å². The lowest BCUT2D eigenvalue weighted by atomic mass is 10.1. The quantitative estimate of drug-likeness (QED) is 0.743. The summed E-state index contributed by atoms with van der Waals surface area (Å²) < 4.78 is 2.23. The third kappa shape index (κ3) is 3.31. The first-order chi connectivity index (χ1) is 14.0. The second-order valence-electron chi connectivity index (χ2n) is 8.49. The van der Waals surface area contributed by atoms with E-state index in [0.29, 0.717) is 12.5 Å². The predicted molar refractivity (Wildman–Crippen MR) is 112 cm³/mol. The van der Waals surface area contributed by atoms with E-state index in [1.165, 1.54) is 17.0 Å². The van der Waals surface area contributed by atoms with Crippen molar-refractivity contribution < 1.29 is 0 Å². The summed E-state index contributed by atoms with van der Waals surface area (Å²) in [7, 11) is 0. The minimum atomic E-state index is 0.0520. The van der Waals surface area contributed by atoms with Crippen LogP contribution in [-0.4, -0.2) is 31.0 Å². The van der Waals surface area contributed by atoms with Gasteiger partial charge < -0.3 is 9.55 Å². The Hall–Kier alpha value is -2.73. The van der Waals surface area contributed by atoms with Crippen LogP contribution < -0.4 is 5.56 Å². The van der Waals surface area contributed by atoms with Gasteiger partial charge in [0.05, 0.1) is 11.3 Å². The standard InChI is InChI=1S/C23H27N5O/c1-14-5-4-9-24-22(14)28-15(2)11-18(16(28)3)12-27-10-8-20-19(13-27)23(29)26-21(25-20)17-6-7-17/h4-5,9,11,17H,6-8,10,12-13H2,1-3H3,(H,25,26,29). The Morgan fingerprint density at radius 3 is 2.83 bits per heavy atom. The SMILES string of the molecule is Cc1cccnc1-n1c(C)cc(CN2CCc3nc(C4CC4)[nH]c(=O)c3C2)c1C. The first kappa shape index (κ1) is 18.3. The molecule has 0 amide bonds. The van der Waals surface area contributed by atoms with E-state index in [1.807, 2.05) is 12.3 Å². The summed E-state index contributed by atoms with van der Waals surface area (Å²) in [4.78, 5) is 27.4. The van der Waals surface area contributed by atoms with Gasteiger partial charge in [0, 0.05) is 49.6 Å². The van der Waals surface area contributed by atoms with Gasteiger partial charge >= 0.3 is 0 Å². The molecule has 6 nitrogen and oxygen atoms in total. The fraction of sp³-hybridized carbons (Fsp3) is 0.435. The second kappa shape index (κ2) is 6.95. The van der Waals surface area contributed by atoms with Gasteiger partial charge in [0.1, 0.15) is 11.6 Å². The van der Waals surface area contributed by atoms with Crippen LogP contribution in [0.3, 0.4) is 0 Å². The molecule has 3 aromatic heterocycles. The number of rotatable bonds is 4. The maximum Gasteiger partial charge on any atom is 0.255 e. The van der Waals surface area contributed by atoms with Gasteiger partial charge in [-0.25, -0.2) is 9.97 Å². The lowest BCUT2D eigenvalue weighted by molar-refractivity contribution is 0.241. The number of nitrogens with one attached hydrogen (secondary N) is 1. The van der Waals surface area contributed by atoms with Crippen molar-refractivity contribution in [3.8, 4) is 5.82 Å². The monoisotopic (exact) mass is 389 g/mol. The van der Waals surface area contributed by atoms with Gasteiger partial charge in [-0.05, 0) is 56.9 Å². The molecule has 0 saturated heterocycles. The van der Waals surface area contributed by atoms with Crippen LogP contribution in [0.2, 0.25) is 0 Å². The van der Waals surface area contributed by atoms with E-state index in [1.54, 1.807) is 0 Å². The molecule has 0 spiro atoms. The number of fused-ring (bicyclic) bond motifs is 1. The molecule has 6 heteroatoms. The molecular formula is C23H27N5O. The van der Waals surface area contributed by atoms with Crippen molar-refractivity contribution in [2.24, 2.45) is 0 Å². The van der Waals surface area contributed by atoms with E-state index in [4.69, 9.17) is 4.98 Å². The van der Waals surface area contributed by atoms with Gasteiger partial charge in [0.15, 0.2) is 0 Å². The fourth-order valence-electron chi connectivity index (χ4n) is 4.45. The summed E-state index contributed by atoms with van der Waals surface area (Å²) in [6, 6.07) is 6.31. The highest BCUT2D eigenvalue weighted by atomic mass is 16.1. The largest absolute Gasteiger partial charge is 0.310 e. The Bertz CT molecular complexity index is 1140. The van der Waals surface area contributed by atoms with E-state index < -0.39 is 0 Å². The van der Waals surface area contributed by atoms with Crippen LogP contribution in [-0.2, 0) is 19.5 Å². The highest BCUT2D eigenvalue weighted by Crippen LogP contribution is 2.38. The predicted octanol–water partition coefficient (Wildman–Crippen LogP) is 3.32. The Morgan fingerprint density at radius 2 is 2.07 bits per heavy atom. The molecule has 0 radical (unpaired) electrons. The molecule has 1 saturated carbocycles. The third-order valence-corrected chi connectivity index (χ3v) is 6.25. The van der Waals surface area contributed by atoms with E-state index in [0.717, 1.165) is 60.8 Å². The van der Waals surface area contributed by atoms with Crippen molar-refractivity contribution >= 4 is 0 Å². The Labute approximate surface area is 170 Å². The van der Waals surface area contributed by atoms with Gasteiger partial charge in [-0.1, -0.05) is 6.07 Å². The van der Waals surface area contributed by atoms with Crippen LogP contribution in [0.1, 0.15) is 58.4 Å². The summed E-state index contributed by atoms with van der Waals surface area (Å²) in [5, 5.41) is 0. The van der Waals surface area contributed by atoms with E-state index in [-0.39, 0.29) is 5.56 Å². The van der Waals surface area contributed by atoms with Crippen LogP contribution in [0.5, 0.6) is 0 Å². The van der Waals surface area contributed by atoms with Crippen LogP contribution in [0, 0.1) is 20.8 Å². The maximum absolute atomic E-state index is 12.6. The normalized spacial score (nSPS) is 16.8. The molecule has 5 rings (SSSR count). The molecule has 1 aliphatic carbocycles. The van der Waals surface area contributed by atoms with Gasteiger partial charge in [-0.3, -0.25) is 9.69 Å². The Morgan fingerprint density at radius 1 is 1.24 bits per heavy atom. The molecule has 150 valence electrons. The summed E-state index contributed by atoms with van der Waals surface area (Å²) in [6.07, 6.45) is 4.99. The molecule has 0 atom stereocenters. The number of aryl methyl sites for hydroxylation is 2. The molecule has 0 bridgehead atoms. The molecular weight excluding hydrogens is 362 g/mol. The zero-order chi connectivity index (χ0) is 20.1. The second-order valence-corrected chi connectivity index (χ2v) is 8.49. The van der Waals surface area contributed by atoms with Crippen molar-refractivity contribution in [2.45, 2.75) is 59.0 Å². The first-order valence-electron chi connectivity index (χ1n) is 10.5. The van der Waals surface area contributed by atoms with E-state index in [9.17, 15) is 4.79 Å². The summed E-state index contributed by atoms with van der Waals surface area (Å²) in [6.45, 7) is 8.80. The number of H-pyrrole nitrogens is 1. The summed E-state index contributed by atoms with van der Waals surface area (Å²) in [5.41, 5.74) is 6.75. The van der Waals surface area contributed by atoms with Crippen molar-refractivity contribution in [1.82, 2.24) is 24.4 Å².